The van der Waals surface area contributed by atoms with Gasteiger partial charge in [-0.15, -0.1) is 0 Å². The number of rotatable bonds is 4. The van der Waals surface area contributed by atoms with Gasteiger partial charge in [0.1, 0.15) is 6.07 Å². The Morgan fingerprint density at radius 2 is 1.85 bits per heavy atom. The molecule has 0 aliphatic carbocycles. The molecule has 0 radical (unpaired) electrons. The molecule has 0 aromatic heterocycles. The number of benzene rings is 2. The number of nitrogens with one attached hydrogen (secondary N) is 1. The summed E-state index contributed by atoms with van der Waals surface area (Å²) in [6, 6.07) is 16.1. The fourth-order valence-corrected chi connectivity index (χ4v) is 1.99. The van der Waals surface area contributed by atoms with Gasteiger partial charge in [0, 0.05) is 17.9 Å². The lowest BCUT2D eigenvalue weighted by molar-refractivity contribution is 0.865. The Labute approximate surface area is 120 Å². The molecule has 0 aliphatic heterocycles. The topological polar surface area (TPSA) is 61.8 Å². The lowest BCUT2D eigenvalue weighted by Crippen LogP contribution is -2.01. The Morgan fingerprint density at radius 3 is 2.45 bits per heavy atom. The molecule has 0 saturated heterocycles. The van der Waals surface area contributed by atoms with E-state index in [-0.39, 0.29) is 0 Å². The monoisotopic (exact) mass is 265 g/mol. The minimum atomic E-state index is 0.505. The van der Waals surface area contributed by atoms with Gasteiger partial charge in [-0.25, -0.2) is 0 Å². The highest BCUT2D eigenvalue weighted by Gasteiger charge is 2.01. The van der Waals surface area contributed by atoms with Crippen LogP contribution in [0.1, 0.15) is 36.5 Å². The fourth-order valence-electron chi connectivity index (χ4n) is 1.99. The molecule has 2 rings (SSSR count). The number of hydrogen-bond acceptors (Lipinski definition) is 3. The van der Waals surface area contributed by atoms with Crippen LogP contribution >= 0.6 is 0 Å². The molecule has 102 valence electrons. The molecule has 0 atom stereocenters. The summed E-state index contributed by atoms with van der Waals surface area (Å²) in [5.74, 6) is 0.548. The van der Waals surface area contributed by atoms with Gasteiger partial charge in [0.25, 0.3) is 0 Å². The van der Waals surface area contributed by atoms with Crippen LogP contribution in [0.2, 0.25) is 0 Å². The molecule has 20 heavy (non-hydrogen) atoms. The van der Waals surface area contributed by atoms with Gasteiger partial charge in [0.2, 0.25) is 0 Å². The Morgan fingerprint density at radius 1 is 1.15 bits per heavy atom. The normalized spacial score (nSPS) is 10.3. The molecule has 0 saturated carbocycles. The molecular weight excluding hydrogens is 246 g/mol. The van der Waals surface area contributed by atoms with Crippen LogP contribution in [0.15, 0.2) is 42.5 Å². The molecule has 0 aliphatic rings. The first-order valence-corrected chi connectivity index (χ1v) is 6.72. The molecule has 0 amide bonds. The molecule has 2 aromatic rings. The number of nitrogens with two attached hydrogens (primary N) is 1. The van der Waals surface area contributed by atoms with Crippen LogP contribution in [0.25, 0.3) is 0 Å². The van der Waals surface area contributed by atoms with E-state index in [1.54, 1.807) is 12.1 Å². The third kappa shape index (κ3) is 3.30. The zero-order valence-corrected chi connectivity index (χ0v) is 11.9. The maximum absolute atomic E-state index is 8.95. The largest absolute Gasteiger partial charge is 0.398 e. The summed E-state index contributed by atoms with van der Waals surface area (Å²) < 4.78 is 0. The quantitative estimate of drug-likeness (QED) is 0.825. The fraction of sp³-hybridized carbons (Fsp3) is 0.235. The number of anilines is 2. The van der Waals surface area contributed by atoms with Crippen molar-refractivity contribution in [1.82, 2.24) is 0 Å². The van der Waals surface area contributed by atoms with Crippen LogP contribution in [0.3, 0.4) is 0 Å². The van der Waals surface area contributed by atoms with E-state index in [1.165, 1.54) is 11.1 Å². The van der Waals surface area contributed by atoms with Crippen LogP contribution in [-0.4, -0.2) is 0 Å². The van der Waals surface area contributed by atoms with Gasteiger partial charge in [-0.2, -0.15) is 5.26 Å². The van der Waals surface area contributed by atoms with Crippen molar-refractivity contribution in [2.24, 2.45) is 0 Å². The number of nitrogens with zero attached hydrogens (tertiary/aromatic N) is 1. The SMILES string of the molecule is CC(C)c1ccc(CNc2ccc(N)c(C#N)c2)cc1. The van der Waals surface area contributed by atoms with Crippen molar-refractivity contribution in [3.63, 3.8) is 0 Å². The minimum absolute atomic E-state index is 0.505. The van der Waals surface area contributed by atoms with Crippen molar-refractivity contribution in [2.45, 2.75) is 26.3 Å². The number of nitrogen functional groups attached to an aromatic ring is 1. The van der Waals surface area contributed by atoms with Crippen molar-refractivity contribution in [3.05, 3.63) is 59.2 Å². The van der Waals surface area contributed by atoms with E-state index in [4.69, 9.17) is 11.0 Å². The summed E-state index contributed by atoms with van der Waals surface area (Å²) in [4.78, 5) is 0. The molecule has 0 fully saturated rings. The Kier molecular flexibility index (Phi) is 4.27. The summed E-state index contributed by atoms with van der Waals surface area (Å²) in [7, 11) is 0. The van der Waals surface area contributed by atoms with Crippen molar-refractivity contribution < 1.29 is 0 Å². The van der Waals surface area contributed by atoms with Crippen LogP contribution < -0.4 is 11.1 Å². The van der Waals surface area contributed by atoms with E-state index in [2.05, 4.69) is 49.5 Å². The lowest BCUT2D eigenvalue weighted by Gasteiger charge is -2.10. The molecule has 3 N–H and O–H groups in total. The Hall–Kier alpha value is -2.47. The molecule has 3 nitrogen and oxygen atoms in total. The van der Waals surface area contributed by atoms with E-state index >= 15 is 0 Å². The second-order valence-corrected chi connectivity index (χ2v) is 5.16. The second-order valence-electron chi connectivity index (χ2n) is 5.16. The van der Waals surface area contributed by atoms with Crippen LogP contribution in [0.4, 0.5) is 11.4 Å². The smallest absolute Gasteiger partial charge is 0.101 e. The number of nitriles is 1. The van der Waals surface area contributed by atoms with Crippen molar-refractivity contribution in [2.75, 3.05) is 11.1 Å². The zero-order chi connectivity index (χ0) is 14.5. The van der Waals surface area contributed by atoms with Crippen molar-refractivity contribution in [3.8, 4) is 6.07 Å². The third-order valence-electron chi connectivity index (χ3n) is 3.32. The van der Waals surface area contributed by atoms with Gasteiger partial charge in [0.15, 0.2) is 0 Å². The summed E-state index contributed by atoms with van der Waals surface area (Å²) in [6.07, 6.45) is 0. The van der Waals surface area contributed by atoms with Gasteiger partial charge in [-0.1, -0.05) is 38.1 Å². The molecule has 3 heteroatoms. The lowest BCUT2D eigenvalue weighted by atomic mass is 10.0. The molecule has 0 spiro atoms. The van der Waals surface area contributed by atoms with Gasteiger partial charge < -0.3 is 11.1 Å². The standard InChI is InChI=1S/C17H19N3/c1-12(2)14-5-3-13(4-6-14)11-20-16-7-8-17(19)15(9-16)10-18/h3-9,12,20H,11,19H2,1-2H3. The summed E-state index contributed by atoms with van der Waals surface area (Å²) in [6.45, 7) is 5.10. The average molecular weight is 265 g/mol. The van der Waals surface area contributed by atoms with E-state index in [1.807, 2.05) is 6.07 Å². The molecule has 0 heterocycles. The maximum atomic E-state index is 8.95. The van der Waals surface area contributed by atoms with E-state index < -0.39 is 0 Å². The van der Waals surface area contributed by atoms with Gasteiger partial charge in [-0.3, -0.25) is 0 Å². The second kappa shape index (κ2) is 6.12. The van der Waals surface area contributed by atoms with E-state index in [9.17, 15) is 0 Å². The first-order valence-electron chi connectivity index (χ1n) is 6.72. The zero-order valence-electron chi connectivity index (χ0n) is 11.9. The third-order valence-corrected chi connectivity index (χ3v) is 3.32. The Bertz CT molecular complexity index is 622. The highest BCUT2D eigenvalue weighted by molar-refractivity contribution is 5.61. The van der Waals surface area contributed by atoms with E-state index in [0.29, 0.717) is 17.2 Å². The predicted octanol–water partition coefficient (Wildman–Crippen LogP) is 3.88. The molecule has 0 unspecified atom stereocenters. The van der Waals surface area contributed by atoms with Crippen molar-refractivity contribution in [1.29, 1.82) is 5.26 Å². The maximum Gasteiger partial charge on any atom is 0.101 e. The van der Waals surface area contributed by atoms with Gasteiger partial charge in [-0.05, 0) is 35.2 Å². The Balaban J connectivity index is 2.03. The van der Waals surface area contributed by atoms with E-state index in [0.717, 1.165) is 12.2 Å². The summed E-state index contributed by atoms with van der Waals surface area (Å²) >= 11 is 0. The van der Waals surface area contributed by atoms with Crippen LogP contribution in [0.5, 0.6) is 0 Å². The molecular formula is C17H19N3. The highest BCUT2D eigenvalue weighted by atomic mass is 14.9. The highest BCUT2D eigenvalue weighted by Crippen LogP contribution is 2.18. The first kappa shape index (κ1) is 14.0. The first-order chi connectivity index (χ1) is 9.60. The van der Waals surface area contributed by atoms with Crippen LogP contribution in [0, 0.1) is 11.3 Å². The molecule has 0 bridgehead atoms. The van der Waals surface area contributed by atoms with Crippen LogP contribution in [-0.2, 0) is 6.54 Å². The van der Waals surface area contributed by atoms with Crippen molar-refractivity contribution >= 4 is 11.4 Å². The summed E-state index contributed by atoms with van der Waals surface area (Å²) in [5.41, 5.74) is 10.2. The average Bonchev–Trinajstić information content (AvgIpc) is 2.46. The number of hydrogen-bond donors (Lipinski definition) is 2. The molecule has 2 aromatic carbocycles. The minimum Gasteiger partial charge on any atom is -0.398 e. The summed E-state index contributed by atoms with van der Waals surface area (Å²) in [5, 5.41) is 12.3. The predicted molar refractivity (Wildman–Crippen MR) is 83.4 cm³/mol. The van der Waals surface area contributed by atoms with Gasteiger partial charge in [0.05, 0.1) is 5.56 Å². The van der Waals surface area contributed by atoms with Gasteiger partial charge >= 0.3 is 0 Å².